The van der Waals surface area contributed by atoms with Crippen LogP contribution in [0.1, 0.15) is 11.1 Å². The van der Waals surface area contributed by atoms with Crippen molar-refractivity contribution in [1.82, 2.24) is 0 Å². The molecule has 0 bridgehead atoms. The molecule has 0 heterocycles. The van der Waals surface area contributed by atoms with Gasteiger partial charge in [-0.3, -0.25) is 0 Å². The molecule has 2 rings (SSSR count). The summed E-state index contributed by atoms with van der Waals surface area (Å²) in [5.41, 5.74) is 2.85. The van der Waals surface area contributed by atoms with E-state index in [-0.39, 0.29) is 0 Å². The van der Waals surface area contributed by atoms with Gasteiger partial charge in [-0.15, -0.1) is 0 Å². The monoisotopic (exact) mass is 229 g/mol. The second kappa shape index (κ2) is 5.22. The van der Waals surface area contributed by atoms with Gasteiger partial charge in [0.15, 0.2) is 4.90 Å². The SMILES string of the molecule is C[S+](C)c1ccccc1Cc1ccccc1. The van der Waals surface area contributed by atoms with E-state index in [1.807, 2.05) is 0 Å². The van der Waals surface area contributed by atoms with Gasteiger partial charge in [0, 0.05) is 22.9 Å². The lowest BCUT2D eigenvalue weighted by molar-refractivity contribution is 1.13. The summed E-state index contributed by atoms with van der Waals surface area (Å²) in [5, 5.41) is 0. The molecule has 16 heavy (non-hydrogen) atoms. The van der Waals surface area contributed by atoms with E-state index in [9.17, 15) is 0 Å². The van der Waals surface area contributed by atoms with Crippen LogP contribution in [0.2, 0.25) is 0 Å². The van der Waals surface area contributed by atoms with Crippen molar-refractivity contribution in [1.29, 1.82) is 0 Å². The van der Waals surface area contributed by atoms with Crippen LogP contribution in [-0.2, 0) is 17.3 Å². The fourth-order valence-electron chi connectivity index (χ4n) is 1.86. The van der Waals surface area contributed by atoms with Crippen molar-refractivity contribution in [2.45, 2.75) is 11.3 Å². The predicted octanol–water partition coefficient (Wildman–Crippen LogP) is 3.51. The summed E-state index contributed by atoms with van der Waals surface area (Å²) in [6.07, 6.45) is 5.61. The van der Waals surface area contributed by atoms with E-state index in [4.69, 9.17) is 0 Å². The van der Waals surface area contributed by atoms with E-state index in [0.29, 0.717) is 10.9 Å². The minimum atomic E-state index is 0.336. The molecule has 0 unspecified atom stereocenters. The Labute approximate surface area is 101 Å². The first kappa shape index (κ1) is 11.3. The van der Waals surface area contributed by atoms with Gasteiger partial charge in [-0.05, 0) is 11.6 Å². The van der Waals surface area contributed by atoms with Gasteiger partial charge < -0.3 is 0 Å². The normalized spacial score (nSPS) is 10.7. The second-order valence-electron chi connectivity index (χ2n) is 4.09. The van der Waals surface area contributed by atoms with Crippen LogP contribution in [-0.4, -0.2) is 12.5 Å². The highest BCUT2D eigenvalue weighted by Gasteiger charge is 2.13. The minimum Gasteiger partial charge on any atom is -0.0622 e. The summed E-state index contributed by atoms with van der Waals surface area (Å²) in [5.74, 6) is 0. The molecule has 0 radical (unpaired) electrons. The first-order valence-electron chi connectivity index (χ1n) is 5.47. The minimum absolute atomic E-state index is 0.336. The lowest BCUT2D eigenvalue weighted by Gasteiger charge is -2.05. The maximum absolute atomic E-state index is 2.28. The van der Waals surface area contributed by atoms with Gasteiger partial charge in [-0.25, -0.2) is 0 Å². The highest BCUT2D eigenvalue weighted by molar-refractivity contribution is 7.95. The van der Waals surface area contributed by atoms with Crippen LogP contribution in [0.25, 0.3) is 0 Å². The number of hydrogen-bond donors (Lipinski definition) is 0. The molecule has 0 atom stereocenters. The first-order chi connectivity index (χ1) is 7.77. The van der Waals surface area contributed by atoms with Crippen LogP contribution in [0.3, 0.4) is 0 Å². The summed E-state index contributed by atoms with van der Waals surface area (Å²) in [7, 11) is 0.336. The maximum atomic E-state index is 2.28. The van der Waals surface area contributed by atoms with Gasteiger partial charge in [-0.1, -0.05) is 48.5 Å². The van der Waals surface area contributed by atoms with Gasteiger partial charge in [0.2, 0.25) is 0 Å². The van der Waals surface area contributed by atoms with Crippen LogP contribution in [0.15, 0.2) is 59.5 Å². The Hall–Kier alpha value is -1.21. The zero-order valence-corrected chi connectivity index (χ0v) is 10.6. The molecule has 0 saturated carbocycles. The smallest absolute Gasteiger partial charge is 0.0622 e. The fourth-order valence-corrected chi connectivity index (χ4v) is 2.88. The third-order valence-electron chi connectivity index (χ3n) is 2.65. The Bertz CT molecular complexity index is 446. The standard InChI is InChI=1S/C15H17S/c1-16(2)15-11-7-6-10-14(15)12-13-8-4-3-5-9-13/h3-11H,12H2,1-2H3/q+1. The molecule has 0 amide bonds. The molecule has 1 heteroatoms. The Morgan fingerprint density at radius 2 is 1.44 bits per heavy atom. The lowest BCUT2D eigenvalue weighted by atomic mass is 10.1. The van der Waals surface area contributed by atoms with Crippen molar-refractivity contribution >= 4 is 10.9 Å². The Kier molecular flexibility index (Phi) is 3.68. The average molecular weight is 229 g/mol. The van der Waals surface area contributed by atoms with Gasteiger partial charge >= 0.3 is 0 Å². The number of benzene rings is 2. The van der Waals surface area contributed by atoms with Crippen molar-refractivity contribution in [3.63, 3.8) is 0 Å². The quantitative estimate of drug-likeness (QED) is 0.707. The molecule has 0 aromatic heterocycles. The lowest BCUT2D eigenvalue weighted by Crippen LogP contribution is -2.01. The molecule has 2 aromatic rings. The Morgan fingerprint density at radius 1 is 0.812 bits per heavy atom. The van der Waals surface area contributed by atoms with E-state index in [1.54, 1.807) is 0 Å². The Balaban J connectivity index is 2.28. The van der Waals surface area contributed by atoms with Crippen LogP contribution in [0.4, 0.5) is 0 Å². The highest BCUT2D eigenvalue weighted by Crippen LogP contribution is 2.18. The zero-order chi connectivity index (χ0) is 11.4. The molecule has 0 aliphatic heterocycles. The first-order valence-corrected chi connectivity index (χ1v) is 7.51. The molecule has 0 saturated heterocycles. The van der Waals surface area contributed by atoms with Gasteiger partial charge in [0.1, 0.15) is 12.5 Å². The summed E-state index contributed by atoms with van der Waals surface area (Å²) >= 11 is 0. The van der Waals surface area contributed by atoms with Crippen LogP contribution in [0, 0.1) is 0 Å². The van der Waals surface area contributed by atoms with E-state index < -0.39 is 0 Å². The zero-order valence-electron chi connectivity index (χ0n) is 9.81. The van der Waals surface area contributed by atoms with Crippen LogP contribution >= 0.6 is 0 Å². The Morgan fingerprint density at radius 3 is 2.12 bits per heavy atom. The third kappa shape index (κ3) is 2.67. The van der Waals surface area contributed by atoms with Crippen molar-refractivity contribution in [3.8, 4) is 0 Å². The second-order valence-corrected chi connectivity index (χ2v) is 6.16. The molecular weight excluding hydrogens is 212 g/mol. The summed E-state index contributed by atoms with van der Waals surface area (Å²) in [6.45, 7) is 0. The fraction of sp³-hybridized carbons (Fsp3) is 0.200. The van der Waals surface area contributed by atoms with E-state index in [1.165, 1.54) is 16.0 Å². The molecule has 0 spiro atoms. The van der Waals surface area contributed by atoms with Gasteiger partial charge in [-0.2, -0.15) is 0 Å². The van der Waals surface area contributed by atoms with Crippen molar-refractivity contribution < 1.29 is 0 Å². The molecule has 0 fully saturated rings. The largest absolute Gasteiger partial charge is 0.157 e. The third-order valence-corrected chi connectivity index (χ3v) is 3.93. The molecular formula is C15H17S+. The summed E-state index contributed by atoms with van der Waals surface area (Å²) < 4.78 is 0. The van der Waals surface area contributed by atoms with Crippen molar-refractivity contribution in [2.75, 3.05) is 12.5 Å². The van der Waals surface area contributed by atoms with Crippen molar-refractivity contribution in [2.24, 2.45) is 0 Å². The summed E-state index contributed by atoms with van der Waals surface area (Å²) in [6, 6.07) is 19.4. The maximum Gasteiger partial charge on any atom is 0.157 e. The van der Waals surface area contributed by atoms with Crippen LogP contribution in [0.5, 0.6) is 0 Å². The molecule has 0 aliphatic carbocycles. The van der Waals surface area contributed by atoms with E-state index in [0.717, 1.165) is 6.42 Å². The molecule has 0 N–H and O–H groups in total. The molecule has 0 aliphatic rings. The topological polar surface area (TPSA) is 0 Å². The average Bonchev–Trinajstić information content (AvgIpc) is 2.31. The van der Waals surface area contributed by atoms with Gasteiger partial charge in [0.25, 0.3) is 0 Å². The van der Waals surface area contributed by atoms with Crippen molar-refractivity contribution in [3.05, 3.63) is 65.7 Å². The predicted molar refractivity (Wildman–Crippen MR) is 73.2 cm³/mol. The molecule has 82 valence electrons. The number of hydrogen-bond acceptors (Lipinski definition) is 0. The van der Waals surface area contributed by atoms with E-state index >= 15 is 0 Å². The summed E-state index contributed by atoms with van der Waals surface area (Å²) in [4.78, 5) is 1.49. The van der Waals surface area contributed by atoms with Crippen LogP contribution < -0.4 is 0 Å². The highest BCUT2D eigenvalue weighted by atomic mass is 32.2. The number of rotatable bonds is 3. The molecule has 0 nitrogen and oxygen atoms in total. The van der Waals surface area contributed by atoms with E-state index in [2.05, 4.69) is 67.1 Å². The van der Waals surface area contributed by atoms with Gasteiger partial charge in [0.05, 0.1) is 0 Å². The molecule has 2 aromatic carbocycles.